The number of amides is 2. The van der Waals surface area contributed by atoms with Gasteiger partial charge in [-0.2, -0.15) is 13.2 Å². The zero-order valence-electron chi connectivity index (χ0n) is 21.6. The van der Waals surface area contributed by atoms with Crippen molar-refractivity contribution in [3.05, 3.63) is 70.2 Å². The molecule has 1 spiro atoms. The van der Waals surface area contributed by atoms with Crippen LogP contribution in [0.25, 0.3) is 0 Å². The summed E-state index contributed by atoms with van der Waals surface area (Å²) in [5.41, 5.74) is -1.59. The van der Waals surface area contributed by atoms with Crippen LogP contribution in [0.3, 0.4) is 0 Å². The van der Waals surface area contributed by atoms with Crippen molar-refractivity contribution in [1.82, 2.24) is 9.80 Å². The number of carbonyl (C=O) groups is 2. The normalized spacial score (nSPS) is 28.8. The van der Waals surface area contributed by atoms with E-state index < -0.39 is 23.9 Å². The average molecular weight is 549 g/mol. The molecule has 0 N–H and O–H groups in total. The molecule has 2 saturated heterocycles. The van der Waals surface area contributed by atoms with Gasteiger partial charge in [0.2, 0.25) is 0 Å². The number of ether oxygens (including phenoxy) is 1. The van der Waals surface area contributed by atoms with Crippen LogP contribution in [0.15, 0.2) is 48.5 Å². The highest BCUT2D eigenvalue weighted by Crippen LogP contribution is 2.59. The van der Waals surface area contributed by atoms with E-state index in [1.807, 2.05) is 12.1 Å². The van der Waals surface area contributed by atoms with Crippen molar-refractivity contribution in [3.63, 3.8) is 0 Å². The van der Waals surface area contributed by atoms with E-state index in [0.717, 1.165) is 37.7 Å². The quantitative estimate of drug-likeness (QED) is 0.432. The maximum atomic E-state index is 14.3. The van der Waals surface area contributed by atoms with Crippen LogP contribution in [-0.2, 0) is 21.6 Å². The Bertz CT molecular complexity index is 1210. The molecule has 204 valence electrons. The third-order valence-corrected chi connectivity index (χ3v) is 8.80. The van der Waals surface area contributed by atoms with Crippen LogP contribution >= 0.6 is 11.6 Å². The number of benzene rings is 2. The Hall–Kier alpha value is -2.58. The molecule has 2 aliphatic heterocycles. The van der Waals surface area contributed by atoms with Gasteiger partial charge in [0.25, 0.3) is 17.4 Å². The first kappa shape index (κ1) is 27.0. The lowest BCUT2D eigenvalue weighted by Gasteiger charge is -2.53. The van der Waals surface area contributed by atoms with Gasteiger partial charge in [0.05, 0.1) is 10.6 Å². The smallest absolute Gasteiger partial charge is 0.345 e. The fourth-order valence-electron chi connectivity index (χ4n) is 6.56. The maximum Gasteiger partial charge on any atom is 0.431 e. The summed E-state index contributed by atoms with van der Waals surface area (Å²) < 4.78 is 48.7. The highest BCUT2D eigenvalue weighted by atomic mass is 35.5. The first-order valence-corrected chi connectivity index (χ1v) is 13.4. The molecule has 2 atom stereocenters. The van der Waals surface area contributed by atoms with Gasteiger partial charge < -0.3 is 14.5 Å². The lowest BCUT2D eigenvalue weighted by atomic mass is 9.56. The number of fused-ring (bicyclic) bond motifs is 1. The summed E-state index contributed by atoms with van der Waals surface area (Å²) in [5.74, 6) is -0.620. The van der Waals surface area contributed by atoms with E-state index >= 15 is 0 Å². The number of rotatable bonds is 6. The molecule has 0 radical (unpaired) electrons. The van der Waals surface area contributed by atoms with E-state index in [0.29, 0.717) is 29.3 Å². The van der Waals surface area contributed by atoms with Gasteiger partial charge in [0.15, 0.2) is 0 Å². The first-order valence-electron chi connectivity index (χ1n) is 13.1. The number of piperidine rings is 1. The molecule has 2 heterocycles. The molecule has 3 aliphatic rings. The van der Waals surface area contributed by atoms with Crippen molar-refractivity contribution < 1.29 is 27.5 Å². The van der Waals surface area contributed by atoms with Gasteiger partial charge in [-0.15, -0.1) is 0 Å². The summed E-state index contributed by atoms with van der Waals surface area (Å²) in [4.78, 5) is 28.1. The third-order valence-electron chi connectivity index (χ3n) is 8.48. The van der Waals surface area contributed by atoms with Crippen LogP contribution in [0.2, 0.25) is 5.02 Å². The maximum absolute atomic E-state index is 14.3. The van der Waals surface area contributed by atoms with Crippen molar-refractivity contribution in [3.8, 4) is 0 Å². The summed E-state index contributed by atoms with van der Waals surface area (Å²) in [6, 6.07) is 12.8. The van der Waals surface area contributed by atoms with Crippen molar-refractivity contribution in [2.24, 2.45) is 11.3 Å². The van der Waals surface area contributed by atoms with Gasteiger partial charge in [-0.05, 0) is 67.6 Å². The number of alkyl halides is 3. The number of carbonyl (C=O) groups excluding carboxylic acids is 2. The standard InChI is InChI=1S/C29H32ClF3N2O3/c1-34(2)25(36)22-12-11-19(15-23(22)30)7-6-8-20-16-27(17-20)13-14-35-24(18-27)38-28(26(35)37,29(31,32)33)21-9-4-3-5-10-21/h3-5,9-12,15,20,24H,6-8,13-14,16-18H2,1-2H3/t20?,24?,27?,28-/m1/s1. The number of halogens is 4. The second-order valence-electron chi connectivity index (χ2n) is 11.3. The Kier molecular flexibility index (Phi) is 7.01. The Morgan fingerprint density at radius 2 is 1.84 bits per heavy atom. The second kappa shape index (κ2) is 9.87. The fourth-order valence-corrected chi connectivity index (χ4v) is 6.84. The first-order chi connectivity index (χ1) is 18.0. The summed E-state index contributed by atoms with van der Waals surface area (Å²) in [6.07, 6.45) is 0.149. The Morgan fingerprint density at radius 1 is 1.13 bits per heavy atom. The van der Waals surface area contributed by atoms with Crippen molar-refractivity contribution in [2.75, 3.05) is 20.6 Å². The van der Waals surface area contributed by atoms with Gasteiger partial charge >= 0.3 is 6.18 Å². The van der Waals surface area contributed by atoms with E-state index in [1.165, 1.54) is 34.1 Å². The predicted molar refractivity (Wildman–Crippen MR) is 138 cm³/mol. The van der Waals surface area contributed by atoms with Gasteiger partial charge in [0.1, 0.15) is 6.23 Å². The second-order valence-corrected chi connectivity index (χ2v) is 11.7. The SMILES string of the molecule is CN(C)C(=O)c1ccc(CCCC2CC3(CCN4C(=O)[C@](c5ccccc5)(C(F)(F)F)OC4C3)C2)cc1Cl. The largest absolute Gasteiger partial charge is 0.431 e. The van der Waals surface area contributed by atoms with Crippen LogP contribution in [-0.4, -0.2) is 54.7 Å². The van der Waals surface area contributed by atoms with Crippen molar-refractivity contribution in [2.45, 2.75) is 63.0 Å². The molecule has 3 fully saturated rings. The molecule has 38 heavy (non-hydrogen) atoms. The van der Waals surface area contributed by atoms with Crippen molar-refractivity contribution in [1.29, 1.82) is 0 Å². The summed E-state index contributed by atoms with van der Waals surface area (Å²) >= 11 is 6.33. The molecule has 2 amide bonds. The monoisotopic (exact) mass is 548 g/mol. The highest BCUT2D eigenvalue weighted by molar-refractivity contribution is 6.33. The molecular weight excluding hydrogens is 517 g/mol. The molecule has 9 heteroatoms. The van der Waals surface area contributed by atoms with Gasteiger partial charge in [0, 0.05) is 26.2 Å². The van der Waals surface area contributed by atoms with E-state index in [-0.39, 0.29) is 23.4 Å². The zero-order valence-corrected chi connectivity index (χ0v) is 22.3. The topological polar surface area (TPSA) is 49.9 Å². The Morgan fingerprint density at radius 3 is 2.47 bits per heavy atom. The van der Waals surface area contributed by atoms with Crippen LogP contribution in [0.5, 0.6) is 0 Å². The average Bonchev–Trinajstić information content (AvgIpc) is 3.15. The zero-order chi connectivity index (χ0) is 27.3. The number of aryl methyl sites for hydroxylation is 1. The lowest BCUT2D eigenvalue weighted by Crippen LogP contribution is -2.52. The Labute approximate surface area is 225 Å². The number of nitrogens with zero attached hydrogens (tertiary/aromatic N) is 2. The van der Waals surface area contributed by atoms with Crippen molar-refractivity contribution >= 4 is 23.4 Å². The van der Waals surface area contributed by atoms with Gasteiger partial charge in [-0.25, -0.2) is 0 Å². The van der Waals surface area contributed by atoms with Crippen LogP contribution in [0, 0.1) is 11.3 Å². The minimum Gasteiger partial charge on any atom is -0.345 e. The summed E-state index contributed by atoms with van der Waals surface area (Å²) in [7, 11) is 3.38. The Balaban J connectivity index is 1.17. The molecule has 0 aromatic heterocycles. The molecule has 5 nitrogen and oxygen atoms in total. The highest BCUT2D eigenvalue weighted by Gasteiger charge is 2.71. The minimum atomic E-state index is -4.85. The number of hydrogen-bond donors (Lipinski definition) is 0. The third kappa shape index (κ3) is 4.60. The molecule has 5 rings (SSSR count). The fraction of sp³-hybridized carbons (Fsp3) is 0.517. The molecule has 1 unspecified atom stereocenters. The summed E-state index contributed by atoms with van der Waals surface area (Å²) in [6.45, 7) is 0.289. The van der Waals surface area contributed by atoms with Crippen LogP contribution in [0.1, 0.15) is 60.0 Å². The predicted octanol–water partition coefficient (Wildman–Crippen LogP) is 6.20. The van der Waals surface area contributed by atoms with Gasteiger partial charge in [-0.3, -0.25) is 9.59 Å². The lowest BCUT2D eigenvalue weighted by molar-refractivity contribution is -0.273. The molecular formula is C29H32ClF3N2O3. The number of hydrogen-bond acceptors (Lipinski definition) is 3. The molecule has 1 aliphatic carbocycles. The minimum absolute atomic E-state index is 0.0675. The molecule has 1 saturated carbocycles. The van der Waals surface area contributed by atoms with E-state index in [2.05, 4.69) is 0 Å². The van der Waals surface area contributed by atoms with E-state index in [9.17, 15) is 22.8 Å². The van der Waals surface area contributed by atoms with Crippen LogP contribution in [0.4, 0.5) is 13.2 Å². The van der Waals surface area contributed by atoms with E-state index in [4.69, 9.17) is 16.3 Å². The summed E-state index contributed by atoms with van der Waals surface area (Å²) in [5, 5.41) is 0.451. The molecule has 2 aromatic carbocycles. The molecule has 2 aromatic rings. The van der Waals surface area contributed by atoms with E-state index in [1.54, 1.807) is 26.2 Å². The van der Waals surface area contributed by atoms with Gasteiger partial charge in [-0.1, -0.05) is 54.4 Å². The van der Waals surface area contributed by atoms with Crippen LogP contribution < -0.4 is 0 Å². The molecule has 0 bridgehead atoms.